The number of benzene rings is 1. The maximum absolute atomic E-state index is 12.5. The molecule has 2 aromatic rings. The normalized spacial score (nSPS) is 16.0. The largest absolute Gasteiger partial charge is 0.353 e. The summed E-state index contributed by atoms with van der Waals surface area (Å²) in [5.74, 6) is 1.07. The first-order valence-electron chi connectivity index (χ1n) is 8.61. The number of piperazine rings is 1. The van der Waals surface area contributed by atoms with Gasteiger partial charge < -0.3 is 4.90 Å². The van der Waals surface area contributed by atoms with Crippen LogP contribution in [0.5, 0.6) is 0 Å². The van der Waals surface area contributed by atoms with Crippen LogP contribution in [0.4, 0.5) is 5.82 Å². The van der Waals surface area contributed by atoms with E-state index in [1.54, 1.807) is 30.5 Å². The molecule has 0 amide bonds. The molecular weight excluding hydrogens is 416 g/mol. The predicted octanol–water partition coefficient (Wildman–Crippen LogP) is 2.45. The van der Waals surface area contributed by atoms with Crippen molar-refractivity contribution in [1.82, 2.24) is 14.9 Å². The van der Waals surface area contributed by atoms with E-state index in [2.05, 4.69) is 35.7 Å². The van der Waals surface area contributed by atoms with Gasteiger partial charge in [0, 0.05) is 43.4 Å². The third-order valence-electron chi connectivity index (χ3n) is 4.57. The highest BCUT2D eigenvalue weighted by molar-refractivity contribution is 9.10. The molecule has 0 N–H and O–H groups in total. The van der Waals surface area contributed by atoms with Gasteiger partial charge in [-0.1, -0.05) is 15.9 Å². The predicted molar refractivity (Wildman–Crippen MR) is 106 cm³/mol. The second-order valence-corrected chi connectivity index (χ2v) is 9.55. The molecule has 1 fully saturated rings. The van der Waals surface area contributed by atoms with E-state index in [0.29, 0.717) is 11.4 Å². The molecule has 1 saturated heterocycles. The van der Waals surface area contributed by atoms with Gasteiger partial charge in [-0.2, -0.15) is 0 Å². The molecule has 0 saturated carbocycles. The van der Waals surface area contributed by atoms with Crippen molar-refractivity contribution in [1.29, 1.82) is 0 Å². The van der Waals surface area contributed by atoms with Crippen LogP contribution in [0.25, 0.3) is 0 Å². The fourth-order valence-electron chi connectivity index (χ4n) is 3.02. The lowest BCUT2D eigenvalue weighted by atomic mass is 10.3. The number of halogens is 1. The molecule has 0 unspecified atom stereocenters. The lowest BCUT2D eigenvalue weighted by Crippen LogP contribution is -2.48. The molecule has 0 bridgehead atoms. The van der Waals surface area contributed by atoms with E-state index in [9.17, 15) is 8.42 Å². The van der Waals surface area contributed by atoms with Crippen LogP contribution in [-0.4, -0.2) is 61.8 Å². The van der Waals surface area contributed by atoms with Crippen molar-refractivity contribution in [3.05, 3.63) is 46.3 Å². The molecule has 8 heteroatoms. The number of aromatic nitrogens is 2. The molecule has 0 spiro atoms. The molecule has 140 valence electrons. The maximum Gasteiger partial charge on any atom is 0.179 e. The standard InChI is InChI=1S/C18H23BrN4O2S/c1-14-13-20-15(2)18(21-14)23-9-7-22(8-10-23)11-12-26(24,25)17-5-3-16(19)4-6-17/h3-6,13H,7-12H2,1-2H3. The van der Waals surface area contributed by atoms with Gasteiger partial charge >= 0.3 is 0 Å². The molecule has 2 heterocycles. The summed E-state index contributed by atoms with van der Waals surface area (Å²) in [4.78, 5) is 13.8. The van der Waals surface area contributed by atoms with Crippen molar-refractivity contribution < 1.29 is 8.42 Å². The van der Waals surface area contributed by atoms with Gasteiger partial charge in [0.15, 0.2) is 9.84 Å². The van der Waals surface area contributed by atoms with Crippen LogP contribution in [0.1, 0.15) is 11.4 Å². The van der Waals surface area contributed by atoms with Gasteiger partial charge in [0.2, 0.25) is 0 Å². The van der Waals surface area contributed by atoms with Crippen molar-refractivity contribution in [2.75, 3.05) is 43.4 Å². The minimum Gasteiger partial charge on any atom is -0.353 e. The Labute approximate surface area is 163 Å². The Hall–Kier alpha value is -1.51. The van der Waals surface area contributed by atoms with Crippen molar-refractivity contribution in [2.24, 2.45) is 0 Å². The summed E-state index contributed by atoms with van der Waals surface area (Å²) in [6, 6.07) is 6.82. The molecule has 3 rings (SSSR count). The lowest BCUT2D eigenvalue weighted by molar-refractivity contribution is 0.271. The van der Waals surface area contributed by atoms with Crippen molar-refractivity contribution in [2.45, 2.75) is 18.7 Å². The summed E-state index contributed by atoms with van der Waals surface area (Å²) >= 11 is 3.33. The third kappa shape index (κ3) is 4.61. The summed E-state index contributed by atoms with van der Waals surface area (Å²) in [5.41, 5.74) is 1.84. The van der Waals surface area contributed by atoms with Gasteiger partial charge in [0.25, 0.3) is 0 Å². The molecule has 0 atom stereocenters. The van der Waals surface area contributed by atoms with E-state index >= 15 is 0 Å². The number of anilines is 1. The minimum atomic E-state index is -3.25. The minimum absolute atomic E-state index is 0.137. The summed E-state index contributed by atoms with van der Waals surface area (Å²) in [7, 11) is -3.25. The molecule has 6 nitrogen and oxygen atoms in total. The Morgan fingerprint density at radius 3 is 2.38 bits per heavy atom. The van der Waals surface area contributed by atoms with Crippen LogP contribution >= 0.6 is 15.9 Å². The van der Waals surface area contributed by atoms with E-state index in [-0.39, 0.29) is 5.75 Å². The molecule has 0 aliphatic carbocycles. The van der Waals surface area contributed by atoms with Crippen LogP contribution in [0.3, 0.4) is 0 Å². The maximum atomic E-state index is 12.5. The molecule has 0 radical (unpaired) electrons. The molecule has 1 aliphatic heterocycles. The Kier molecular flexibility index (Phi) is 5.94. The average Bonchev–Trinajstić information content (AvgIpc) is 2.63. The second kappa shape index (κ2) is 8.02. The summed E-state index contributed by atoms with van der Waals surface area (Å²) in [5, 5.41) is 0. The highest BCUT2D eigenvalue weighted by atomic mass is 79.9. The monoisotopic (exact) mass is 438 g/mol. The Morgan fingerprint density at radius 1 is 1.08 bits per heavy atom. The number of rotatable bonds is 5. The van der Waals surface area contributed by atoms with E-state index in [4.69, 9.17) is 0 Å². The lowest BCUT2D eigenvalue weighted by Gasteiger charge is -2.35. The smallest absolute Gasteiger partial charge is 0.179 e. The average molecular weight is 439 g/mol. The molecular formula is C18H23BrN4O2S. The zero-order valence-electron chi connectivity index (χ0n) is 15.0. The summed E-state index contributed by atoms with van der Waals surface area (Å²) < 4.78 is 25.8. The fraction of sp³-hybridized carbons (Fsp3) is 0.444. The van der Waals surface area contributed by atoms with E-state index in [0.717, 1.165) is 47.9 Å². The highest BCUT2D eigenvalue weighted by Gasteiger charge is 2.22. The second-order valence-electron chi connectivity index (χ2n) is 6.52. The zero-order valence-corrected chi connectivity index (χ0v) is 17.4. The van der Waals surface area contributed by atoms with Crippen molar-refractivity contribution >= 4 is 31.6 Å². The van der Waals surface area contributed by atoms with Gasteiger partial charge in [0.1, 0.15) is 5.82 Å². The number of hydrogen-bond acceptors (Lipinski definition) is 6. The number of hydrogen-bond donors (Lipinski definition) is 0. The summed E-state index contributed by atoms with van der Waals surface area (Å²) in [6.07, 6.45) is 1.78. The third-order valence-corrected chi connectivity index (χ3v) is 6.81. The zero-order chi connectivity index (χ0) is 18.7. The fourth-order valence-corrected chi connectivity index (χ4v) is 4.57. The highest BCUT2D eigenvalue weighted by Crippen LogP contribution is 2.19. The first kappa shape index (κ1) is 19.3. The van der Waals surface area contributed by atoms with Gasteiger partial charge in [0.05, 0.1) is 22.0 Å². The van der Waals surface area contributed by atoms with Gasteiger partial charge in [-0.3, -0.25) is 9.88 Å². The molecule has 1 aliphatic rings. The van der Waals surface area contributed by atoms with Gasteiger partial charge in [-0.25, -0.2) is 13.4 Å². The topological polar surface area (TPSA) is 66.4 Å². The van der Waals surface area contributed by atoms with E-state index in [1.165, 1.54) is 0 Å². The SMILES string of the molecule is Cc1cnc(C)c(N2CCN(CCS(=O)(=O)c3ccc(Br)cc3)CC2)n1. The van der Waals surface area contributed by atoms with E-state index < -0.39 is 9.84 Å². The quantitative estimate of drug-likeness (QED) is 0.713. The Bertz CT molecular complexity index is 863. The molecule has 1 aromatic carbocycles. The molecule has 1 aromatic heterocycles. The first-order valence-corrected chi connectivity index (χ1v) is 11.1. The molecule has 26 heavy (non-hydrogen) atoms. The Balaban J connectivity index is 1.56. The number of nitrogens with zero attached hydrogens (tertiary/aromatic N) is 4. The van der Waals surface area contributed by atoms with E-state index in [1.807, 2.05) is 13.8 Å². The van der Waals surface area contributed by atoms with Crippen LogP contribution in [-0.2, 0) is 9.84 Å². The number of aryl methyl sites for hydroxylation is 2. The van der Waals surface area contributed by atoms with Crippen molar-refractivity contribution in [3.8, 4) is 0 Å². The van der Waals surface area contributed by atoms with Crippen LogP contribution < -0.4 is 4.90 Å². The Morgan fingerprint density at radius 2 is 1.73 bits per heavy atom. The van der Waals surface area contributed by atoms with Crippen molar-refractivity contribution in [3.63, 3.8) is 0 Å². The van der Waals surface area contributed by atoms with Crippen LogP contribution in [0.2, 0.25) is 0 Å². The van der Waals surface area contributed by atoms with Gasteiger partial charge in [-0.05, 0) is 38.1 Å². The van der Waals surface area contributed by atoms with Crippen LogP contribution in [0.15, 0.2) is 39.8 Å². The number of sulfone groups is 1. The van der Waals surface area contributed by atoms with Crippen LogP contribution in [0, 0.1) is 13.8 Å². The van der Waals surface area contributed by atoms with Gasteiger partial charge in [-0.15, -0.1) is 0 Å². The first-order chi connectivity index (χ1) is 12.3. The summed E-state index contributed by atoms with van der Waals surface area (Å²) in [6.45, 7) is 7.77.